The third kappa shape index (κ3) is 5.20. The smallest absolute Gasteiger partial charge is 0.277 e. The molecule has 6 nitrogen and oxygen atoms in total. The molecule has 2 aromatic carbocycles. The van der Waals surface area contributed by atoms with Gasteiger partial charge in [-0.05, 0) is 18.2 Å². The second-order valence-corrected chi connectivity index (χ2v) is 5.52. The summed E-state index contributed by atoms with van der Waals surface area (Å²) < 4.78 is 11.4. The molecule has 0 atom stereocenters. The highest BCUT2D eigenvalue weighted by molar-refractivity contribution is 9.10. The molecule has 7 heteroatoms. The van der Waals surface area contributed by atoms with Crippen LogP contribution in [0.3, 0.4) is 0 Å². The number of hydrogen-bond donors (Lipinski definition) is 1. The molecule has 0 aliphatic heterocycles. The van der Waals surface area contributed by atoms with Crippen LogP contribution in [-0.4, -0.2) is 31.6 Å². The van der Waals surface area contributed by atoms with Crippen molar-refractivity contribution in [1.29, 1.82) is 0 Å². The highest BCUT2D eigenvalue weighted by Crippen LogP contribution is 2.29. The maximum atomic E-state index is 11.8. The number of halogens is 1. The van der Waals surface area contributed by atoms with Crippen LogP contribution in [0.5, 0.6) is 11.5 Å². The molecule has 2 aromatic rings. The fraction of sp³-hybridized carbons (Fsp3) is 0.118. The highest BCUT2D eigenvalue weighted by Gasteiger charge is 2.08. The third-order valence-corrected chi connectivity index (χ3v) is 3.41. The summed E-state index contributed by atoms with van der Waals surface area (Å²) in [5.74, 6) is 0.142. The van der Waals surface area contributed by atoms with E-state index in [4.69, 9.17) is 9.47 Å². The monoisotopic (exact) mass is 390 g/mol. The van der Waals surface area contributed by atoms with Crippen LogP contribution in [0.1, 0.15) is 10.4 Å². The summed E-state index contributed by atoms with van der Waals surface area (Å²) >= 11 is 3.32. The van der Waals surface area contributed by atoms with E-state index >= 15 is 0 Å². The van der Waals surface area contributed by atoms with Gasteiger partial charge in [0.25, 0.3) is 5.91 Å². The number of nitrogens with one attached hydrogen (secondary N) is 1. The zero-order valence-corrected chi connectivity index (χ0v) is 14.4. The highest BCUT2D eigenvalue weighted by atomic mass is 79.9. The van der Waals surface area contributed by atoms with Gasteiger partial charge in [-0.2, -0.15) is 5.10 Å². The van der Waals surface area contributed by atoms with Crippen LogP contribution >= 0.6 is 15.9 Å². The maximum absolute atomic E-state index is 11.8. The van der Waals surface area contributed by atoms with E-state index in [1.165, 1.54) is 7.11 Å². The lowest BCUT2D eigenvalue weighted by Crippen LogP contribution is -2.25. The predicted molar refractivity (Wildman–Crippen MR) is 93.6 cm³/mol. The Morgan fingerprint density at radius 1 is 1.17 bits per heavy atom. The predicted octanol–water partition coefficient (Wildman–Crippen LogP) is 2.82. The van der Waals surface area contributed by atoms with E-state index in [0.29, 0.717) is 17.1 Å². The van der Waals surface area contributed by atoms with Crippen LogP contribution < -0.4 is 14.9 Å². The van der Waals surface area contributed by atoms with Crippen molar-refractivity contribution in [1.82, 2.24) is 5.43 Å². The first kappa shape index (κ1) is 17.7. The number of ketones is 1. The lowest BCUT2D eigenvalue weighted by atomic mass is 10.1. The number of hydrazone groups is 1. The number of carbonyl (C=O) groups excluding carboxylic acids is 2. The van der Waals surface area contributed by atoms with Crippen molar-refractivity contribution in [3.8, 4) is 11.5 Å². The Hall–Kier alpha value is -2.67. The molecule has 0 bridgehead atoms. The number of amides is 1. The fourth-order valence-corrected chi connectivity index (χ4v) is 2.12. The second kappa shape index (κ2) is 8.83. The van der Waals surface area contributed by atoms with E-state index in [1.807, 2.05) is 6.07 Å². The number of benzene rings is 2. The lowest BCUT2D eigenvalue weighted by molar-refractivity contribution is -0.123. The molecular weight excluding hydrogens is 376 g/mol. The van der Waals surface area contributed by atoms with Gasteiger partial charge in [0, 0.05) is 10.0 Å². The fourth-order valence-electron chi connectivity index (χ4n) is 1.78. The van der Waals surface area contributed by atoms with Crippen molar-refractivity contribution in [2.75, 3.05) is 13.7 Å². The molecule has 0 radical (unpaired) electrons. The van der Waals surface area contributed by atoms with Gasteiger partial charge in [-0.15, -0.1) is 0 Å². The average Bonchev–Trinajstić information content (AvgIpc) is 2.61. The Labute approximate surface area is 147 Å². The number of rotatable bonds is 7. The first-order chi connectivity index (χ1) is 11.6. The van der Waals surface area contributed by atoms with Gasteiger partial charge in [-0.25, -0.2) is 5.43 Å². The standard InChI is InChI=1S/C17H15BrN2O4/c1-23-16-9-13(18)7-8-15(16)24-11-17(22)20-19-10-14(21)12-5-3-2-4-6-12/h2-10H,11H2,1H3,(H,20,22). The number of methoxy groups -OCH3 is 1. The van der Waals surface area contributed by atoms with E-state index in [-0.39, 0.29) is 12.4 Å². The quantitative estimate of drug-likeness (QED) is 0.447. The lowest BCUT2D eigenvalue weighted by Gasteiger charge is -2.09. The average molecular weight is 391 g/mol. The van der Waals surface area contributed by atoms with E-state index in [1.54, 1.807) is 42.5 Å². The normalized spacial score (nSPS) is 10.4. The summed E-state index contributed by atoms with van der Waals surface area (Å²) in [6, 6.07) is 13.8. The van der Waals surface area contributed by atoms with Crippen LogP contribution in [0.4, 0.5) is 0 Å². The van der Waals surface area contributed by atoms with Crippen molar-refractivity contribution in [2.24, 2.45) is 5.10 Å². The molecule has 1 amide bonds. The summed E-state index contributed by atoms with van der Waals surface area (Å²) in [5, 5.41) is 3.62. The summed E-state index contributed by atoms with van der Waals surface area (Å²) in [4.78, 5) is 23.5. The van der Waals surface area contributed by atoms with Gasteiger partial charge in [0.15, 0.2) is 18.1 Å². The minimum Gasteiger partial charge on any atom is -0.493 e. The molecule has 1 N–H and O–H groups in total. The molecule has 0 aliphatic rings. The van der Waals surface area contributed by atoms with Crippen molar-refractivity contribution in [2.45, 2.75) is 0 Å². The Kier molecular flexibility index (Phi) is 6.51. The molecule has 0 spiro atoms. The first-order valence-corrected chi connectivity index (χ1v) is 7.77. The van der Waals surface area contributed by atoms with Gasteiger partial charge < -0.3 is 9.47 Å². The number of nitrogens with zero attached hydrogens (tertiary/aromatic N) is 1. The minimum atomic E-state index is -0.489. The molecule has 0 saturated heterocycles. The van der Waals surface area contributed by atoms with Crippen molar-refractivity contribution < 1.29 is 19.1 Å². The molecule has 0 unspecified atom stereocenters. The summed E-state index contributed by atoms with van der Waals surface area (Å²) in [7, 11) is 1.51. The van der Waals surface area contributed by atoms with Crippen LogP contribution in [0, 0.1) is 0 Å². The molecule has 0 heterocycles. The summed E-state index contributed by atoms with van der Waals surface area (Å²) in [5.41, 5.74) is 2.73. The first-order valence-electron chi connectivity index (χ1n) is 6.98. The minimum absolute atomic E-state index is 0.255. The summed E-state index contributed by atoms with van der Waals surface area (Å²) in [6.45, 7) is -0.255. The molecule has 0 saturated carbocycles. The van der Waals surface area contributed by atoms with Gasteiger partial charge in [0.05, 0.1) is 13.3 Å². The van der Waals surface area contributed by atoms with Crippen LogP contribution in [0.2, 0.25) is 0 Å². The molecule has 2 rings (SSSR count). The zero-order valence-electron chi connectivity index (χ0n) is 12.9. The van der Waals surface area contributed by atoms with Crippen molar-refractivity contribution in [3.63, 3.8) is 0 Å². The van der Waals surface area contributed by atoms with Crippen LogP contribution in [0.15, 0.2) is 58.1 Å². The maximum Gasteiger partial charge on any atom is 0.277 e. The topological polar surface area (TPSA) is 77.0 Å². The number of hydrogen-bond acceptors (Lipinski definition) is 5. The van der Waals surface area contributed by atoms with E-state index < -0.39 is 5.91 Å². The second-order valence-electron chi connectivity index (χ2n) is 4.61. The SMILES string of the molecule is COc1cc(Br)ccc1OCC(=O)NN=CC(=O)c1ccccc1. The van der Waals surface area contributed by atoms with Gasteiger partial charge in [-0.3, -0.25) is 9.59 Å². The van der Waals surface area contributed by atoms with Gasteiger partial charge in [-0.1, -0.05) is 46.3 Å². The molecule has 0 aliphatic carbocycles. The van der Waals surface area contributed by atoms with Crippen molar-refractivity contribution in [3.05, 3.63) is 58.6 Å². The molecule has 124 valence electrons. The van der Waals surface area contributed by atoms with Crippen molar-refractivity contribution >= 4 is 33.8 Å². The van der Waals surface area contributed by atoms with E-state index in [2.05, 4.69) is 26.5 Å². The molecule has 0 aromatic heterocycles. The Morgan fingerprint density at radius 3 is 2.62 bits per heavy atom. The van der Waals surface area contributed by atoms with Crippen LogP contribution in [0.25, 0.3) is 0 Å². The molecular formula is C17H15BrN2O4. The van der Waals surface area contributed by atoms with Gasteiger partial charge >= 0.3 is 0 Å². The number of Topliss-reactive ketones (excluding diaryl/α,β-unsaturated/α-hetero) is 1. The molecule has 24 heavy (non-hydrogen) atoms. The Morgan fingerprint density at radius 2 is 1.92 bits per heavy atom. The Bertz CT molecular complexity index is 748. The largest absolute Gasteiger partial charge is 0.493 e. The van der Waals surface area contributed by atoms with E-state index in [0.717, 1.165) is 10.7 Å². The third-order valence-electron chi connectivity index (χ3n) is 2.91. The van der Waals surface area contributed by atoms with Gasteiger partial charge in [0.1, 0.15) is 0 Å². The number of carbonyl (C=O) groups is 2. The van der Waals surface area contributed by atoms with E-state index in [9.17, 15) is 9.59 Å². The summed E-state index contributed by atoms with van der Waals surface area (Å²) in [6.07, 6.45) is 1.05. The zero-order chi connectivity index (χ0) is 17.4. The molecule has 0 fully saturated rings. The van der Waals surface area contributed by atoms with Gasteiger partial charge in [0.2, 0.25) is 5.78 Å². The van der Waals surface area contributed by atoms with Crippen LogP contribution in [-0.2, 0) is 4.79 Å². The Balaban J connectivity index is 1.84. The number of ether oxygens (including phenoxy) is 2.